The van der Waals surface area contributed by atoms with Crippen LogP contribution in [0.5, 0.6) is 0 Å². The maximum Gasteiger partial charge on any atom is 0.123 e. The minimum absolute atomic E-state index is 0.200. The van der Waals surface area contributed by atoms with Crippen molar-refractivity contribution in [3.05, 3.63) is 59.9 Å². The fraction of sp³-hybridized carbons (Fsp3) is 0.294. The van der Waals surface area contributed by atoms with Gasteiger partial charge in [-0.15, -0.1) is 5.11 Å². The molecule has 0 saturated carbocycles. The molecule has 1 aliphatic rings. The second-order valence-corrected chi connectivity index (χ2v) is 5.44. The number of hydrogen-bond acceptors (Lipinski definition) is 3. The molecule has 4 nitrogen and oxygen atoms in total. The minimum Gasteiger partial charge on any atom is -0.368 e. The van der Waals surface area contributed by atoms with E-state index in [1.54, 1.807) is 0 Å². The molecule has 2 aromatic rings. The molecule has 3 rings (SSSR count). The summed E-state index contributed by atoms with van der Waals surface area (Å²) in [6.45, 7) is 5.40. The molecule has 0 unspecified atom stereocenters. The molecule has 0 radical (unpaired) electrons. The van der Waals surface area contributed by atoms with Crippen LogP contribution >= 0.6 is 0 Å². The summed E-state index contributed by atoms with van der Waals surface area (Å²) in [4.78, 5) is 2.23. The standard InChI is InChI=1S/C17H19FN4/c1-14-2-6-16(7-3-14)19-20-22-12-10-21(11-13-22)17-8-4-15(18)5-9-17/h2-9H,10-13H2,1H3. The Labute approximate surface area is 129 Å². The Hall–Kier alpha value is -2.43. The second-order valence-electron chi connectivity index (χ2n) is 5.44. The monoisotopic (exact) mass is 298 g/mol. The van der Waals surface area contributed by atoms with E-state index in [-0.39, 0.29) is 5.82 Å². The lowest BCUT2D eigenvalue weighted by Crippen LogP contribution is -2.43. The van der Waals surface area contributed by atoms with Gasteiger partial charge in [-0.3, -0.25) is 5.01 Å². The Morgan fingerprint density at radius 3 is 2.14 bits per heavy atom. The third-order valence-corrected chi connectivity index (χ3v) is 3.77. The third-order valence-electron chi connectivity index (χ3n) is 3.77. The van der Waals surface area contributed by atoms with Gasteiger partial charge < -0.3 is 4.90 Å². The van der Waals surface area contributed by atoms with Crippen molar-refractivity contribution < 1.29 is 4.39 Å². The Balaban J connectivity index is 1.55. The van der Waals surface area contributed by atoms with Gasteiger partial charge in [-0.1, -0.05) is 22.9 Å². The fourth-order valence-corrected chi connectivity index (χ4v) is 2.42. The maximum atomic E-state index is 12.9. The van der Waals surface area contributed by atoms with Crippen LogP contribution in [0, 0.1) is 12.7 Å². The highest BCUT2D eigenvalue weighted by molar-refractivity contribution is 5.46. The van der Waals surface area contributed by atoms with Crippen molar-refractivity contribution in [2.45, 2.75) is 6.92 Å². The van der Waals surface area contributed by atoms with Crippen LogP contribution in [0.1, 0.15) is 5.56 Å². The number of piperazine rings is 1. The van der Waals surface area contributed by atoms with Crippen molar-refractivity contribution >= 4 is 11.4 Å². The van der Waals surface area contributed by atoms with Crippen LogP contribution in [0.4, 0.5) is 15.8 Å². The van der Waals surface area contributed by atoms with Crippen molar-refractivity contribution in [3.8, 4) is 0 Å². The molecule has 1 aliphatic heterocycles. The first-order valence-corrected chi connectivity index (χ1v) is 7.44. The van der Waals surface area contributed by atoms with Crippen molar-refractivity contribution in [2.75, 3.05) is 31.1 Å². The Morgan fingerprint density at radius 1 is 0.864 bits per heavy atom. The van der Waals surface area contributed by atoms with Crippen molar-refractivity contribution in [2.24, 2.45) is 10.3 Å². The number of halogens is 1. The molecule has 1 fully saturated rings. The predicted octanol–water partition coefficient (Wildman–Crippen LogP) is 3.96. The average molecular weight is 298 g/mol. The number of rotatable bonds is 3. The summed E-state index contributed by atoms with van der Waals surface area (Å²) in [5.41, 5.74) is 3.13. The number of hydrogen-bond donors (Lipinski definition) is 0. The van der Waals surface area contributed by atoms with Gasteiger partial charge in [-0.25, -0.2) is 4.39 Å². The predicted molar refractivity (Wildman–Crippen MR) is 85.9 cm³/mol. The molecule has 0 atom stereocenters. The minimum atomic E-state index is -0.200. The number of anilines is 1. The van der Waals surface area contributed by atoms with Crippen LogP contribution in [0.2, 0.25) is 0 Å². The van der Waals surface area contributed by atoms with Gasteiger partial charge in [0.15, 0.2) is 0 Å². The number of nitrogens with zero attached hydrogens (tertiary/aromatic N) is 4. The van der Waals surface area contributed by atoms with Crippen molar-refractivity contribution in [3.63, 3.8) is 0 Å². The van der Waals surface area contributed by atoms with Crippen LogP contribution in [-0.4, -0.2) is 31.2 Å². The number of aryl methyl sites for hydroxylation is 1. The van der Waals surface area contributed by atoms with E-state index in [2.05, 4.69) is 22.2 Å². The topological polar surface area (TPSA) is 31.2 Å². The summed E-state index contributed by atoms with van der Waals surface area (Å²) in [7, 11) is 0. The van der Waals surface area contributed by atoms with Gasteiger partial charge >= 0.3 is 0 Å². The van der Waals surface area contributed by atoms with E-state index < -0.39 is 0 Å². The molecule has 22 heavy (non-hydrogen) atoms. The Bertz CT molecular complexity index is 629. The lowest BCUT2D eigenvalue weighted by atomic mass is 10.2. The lowest BCUT2D eigenvalue weighted by Gasteiger charge is -2.33. The quantitative estimate of drug-likeness (QED) is 0.803. The molecular weight excluding hydrogens is 279 g/mol. The molecule has 5 heteroatoms. The van der Waals surface area contributed by atoms with E-state index in [9.17, 15) is 4.39 Å². The highest BCUT2D eigenvalue weighted by atomic mass is 19.1. The van der Waals surface area contributed by atoms with Gasteiger partial charge in [-0.2, -0.15) is 0 Å². The largest absolute Gasteiger partial charge is 0.368 e. The second kappa shape index (κ2) is 6.56. The van der Waals surface area contributed by atoms with Crippen LogP contribution in [0.25, 0.3) is 0 Å². The van der Waals surface area contributed by atoms with Crippen LogP contribution in [0.15, 0.2) is 58.9 Å². The van der Waals surface area contributed by atoms with Crippen molar-refractivity contribution in [1.82, 2.24) is 5.01 Å². The van der Waals surface area contributed by atoms with Gasteiger partial charge in [-0.05, 0) is 43.3 Å². The molecule has 0 N–H and O–H groups in total. The van der Waals surface area contributed by atoms with Crippen LogP contribution in [0.3, 0.4) is 0 Å². The van der Waals surface area contributed by atoms with Gasteiger partial charge in [0.2, 0.25) is 0 Å². The summed E-state index contributed by atoms with van der Waals surface area (Å²) in [5.74, 6) is -0.200. The zero-order chi connectivity index (χ0) is 15.4. The van der Waals surface area contributed by atoms with E-state index in [1.165, 1.54) is 17.7 Å². The van der Waals surface area contributed by atoms with Gasteiger partial charge in [0.05, 0.1) is 18.8 Å². The average Bonchev–Trinajstić information content (AvgIpc) is 2.56. The number of benzene rings is 2. The van der Waals surface area contributed by atoms with Gasteiger partial charge in [0, 0.05) is 18.8 Å². The molecular formula is C17H19FN4. The van der Waals surface area contributed by atoms with Crippen LogP contribution in [-0.2, 0) is 0 Å². The summed E-state index contributed by atoms with van der Waals surface area (Å²) in [6, 6.07) is 14.6. The molecule has 1 heterocycles. The highest BCUT2D eigenvalue weighted by Crippen LogP contribution is 2.18. The van der Waals surface area contributed by atoms with E-state index >= 15 is 0 Å². The zero-order valence-electron chi connectivity index (χ0n) is 12.6. The van der Waals surface area contributed by atoms with E-state index in [0.29, 0.717) is 0 Å². The molecule has 0 spiro atoms. The lowest BCUT2D eigenvalue weighted by molar-refractivity contribution is 0.254. The summed E-state index contributed by atoms with van der Waals surface area (Å²) in [6.07, 6.45) is 0. The molecule has 2 aromatic carbocycles. The molecule has 0 amide bonds. The van der Waals surface area contributed by atoms with E-state index in [1.807, 2.05) is 41.4 Å². The molecule has 114 valence electrons. The maximum absolute atomic E-state index is 12.9. The van der Waals surface area contributed by atoms with Gasteiger partial charge in [0.1, 0.15) is 5.82 Å². The smallest absolute Gasteiger partial charge is 0.123 e. The van der Waals surface area contributed by atoms with E-state index in [0.717, 1.165) is 37.6 Å². The zero-order valence-corrected chi connectivity index (χ0v) is 12.6. The SMILES string of the molecule is Cc1ccc(N=NN2CCN(c3ccc(F)cc3)CC2)cc1. The molecule has 1 saturated heterocycles. The van der Waals surface area contributed by atoms with Gasteiger partial charge in [0.25, 0.3) is 0 Å². The summed E-state index contributed by atoms with van der Waals surface area (Å²) < 4.78 is 12.9. The van der Waals surface area contributed by atoms with Crippen LogP contribution < -0.4 is 4.90 Å². The van der Waals surface area contributed by atoms with Crippen molar-refractivity contribution in [1.29, 1.82) is 0 Å². The first-order valence-electron chi connectivity index (χ1n) is 7.44. The molecule has 0 aromatic heterocycles. The molecule has 0 bridgehead atoms. The summed E-state index contributed by atoms with van der Waals surface area (Å²) in [5, 5.41) is 10.5. The third kappa shape index (κ3) is 3.61. The Kier molecular flexibility index (Phi) is 4.32. The summed E-state index contributed by atoms with van der Waals surface area (Å²) >= 11 is 0. The first-order chi connectivity index (χ1) is 10.7. The highest BCUT2D eigenvalue weighted by Gasteiger charge is 2.16. The van der Waals surface area contributed by atoms with E-state index in [4.69, 9.17) is 0 Å². The Morgan fingerprint density at radius 2 is 1.50 bits per heavy atom. The normalized spacial score (nSPS) is 15.5. The first kappa shape index (κ1) is 14.5. The fourth-order valence-electron chi connectivity index (χ4n) is 2.42. The molecule has 0 aliphatic carbocycles.